The van der Waals surface area contributed by atoms with Crippen molar-refractivity contribution in [1.82, 2.24) is 4.90 Å². The van der Waals surface area contributed by atoms with Crippen molar-refractivity contribution in [2.24, 2.45) is 5.92 Å². The second-order valence-electron chi connectivity index (χ2n) is 6.20. The molecule has 0 spiro atoms. The Morgan fingerprint density at radius 1 is 1.35 bits per heavy atom. The Balaban J connectivity index is 1.92. The van der Waals surface area contributed by atoms with Crippen LogP contribution < -0.4 is 0 Å². The predicted molar refractivity (Wildman–Crippen MR) is 75.9 cm³/mol. The van der Waals surface area contributed by atoms with E-state index in [4.69, 9.17) is 5.11 Å². The Bertz CT molecular complexity index is 555. The molecule has 1 saturated heterocycles. The highest BCUT2D eigenvalue weighted by Crippen LogP contribution is 2.49. The van der Waals surface area contributed by atoms with Crippen molar-refractivity contribution in [3.63, 3.8) is 0 Å². The van der Waals surface area contributed by atoms with E-state index >= 15 is 0 Å². The monoisotopic (exact) mass is 275 g/mol. The van der Waals surface area contributed by atoms with E-state index in [2.05, 4.69) is 18.7 Å². The number of likely N-dealkylation sites (tertiary alicyclic amines) is 1. The normalized spacial score (nSPS) is 29.6. The fourth-order valence-electron chi connectivity index (χ4n) is 3.91. The molecule has 1 aromatic rings. The lowest BCUT2D eigenvalue weighted by Crippen LogP contribution is -2.26. The van der Waals surface area contributed by atoms with E-state index in [-0.39, 0.29) is 12.0 Å². The maximum Gasteiger partial charge on any atom is 0.307 e. The van der Waals surface area contributed by atoms with Crippen molar-refractivity contribution in [2.45, 2.75) is 38.6 Å². The van der Waals surface area contributed by atoms with Gasteiger partial charge < -0.3 is 10.2 Å². The molecule has 1 aromatic carbocycles. The number of aromatic hydroxyl groups is 1. The maximum absolute atomic E-state index is 11.1. The van der Waals surface area contributed by atoms with Gasteiger partial charge in [-0.15, -0.1) is 0 Å². The van der Waals surface area contributed by atoms with Crippen molar-refractivity contribution >= 4 is 5.97 Å². The van der Waals surface area contributed by atoms with Gasteiger partial charge in [-0.05, 0) is 49.4 Å². The number of carbonyl (C=O) groups is 1. The van der Waals surface area contributed by atoms with Gasteiger partial charge in [0.2, 0.25) is 0 Å². The summed E-state index contributed by atoms with van der Waals surface area (Å²) in [4.78, 5) is 13.4. The zero-order valence-corrected chi connectivity index (χ0v) is 12.0. The smallest absolute Gasteiger partial charge is 0.307 e. The molecule has 1 aliphatic heterocycles. The van der Waals surface area contributed by atoms with Crippen LogP contribution in [0.3, 0.4) is 0 Å². The first-order valence-electron chi connectivity index (χ1n) is 7.28. The second kappa shape index (κ2) is 4.77. The zero-order valence-electron chi connectivity index (χ0n) is 12.0. The molecule has 2 N–H and O–H groups in total. The number of hydrogen-bond donors (Lipinski definition) is 2. The van der Waals surface area contributed by atoms with Crippen LogP contribution in [0.4, 0.5) is 0 Å². The van der Waals surface area contributed by atoms with Gasteiger partial charge in [0.25, 0.3) is 0 Å². The first-order chi connectivity index (χ1) is 9.49. The molecule has 0 aromatic heterocycles. The Morgan fingerprint density at radius 3 is 2.75 bits per heavy atom. The molecule has 20 heavy (non-hydrogen) atoms. The number of phenolic OH excluding ortho intramolecular Hbond substituents is 1. The summed E-state index contributed by atoms with van der Waals surface area (Å²) >= 11 is 0. The Labute approximate surface area is 119 Å². The molecular weight excluding hydrogens is 254 g/mol. The molecule has 0 amide bonds. The van der Waals surface area contributed by atoms with E-state index in [0.29, 0.717) is 24.6 Å². The molecule has 0 saturated carbocycles. The lowest BCUT2D eigenvalue weighted by atomic mass is 9.97. The minimum absolute atomic E-state index is 0.171. The van der Waals surface area contributed by atoms with E-state index in [1.165, 1.54) is 11.1 Å². The third-order valence-corrected chi connectivity index (χ3v) is 4.89. The molecule has 3 rings (SSSR count). The molecule has 4 nitrogen and oxygen atoms in total. The standard InChI is InChI=1S/C16H21NO3/c1-9-3-4-13(18)15-12(7-10(2)14(9)15)17-6-5-11(8-17)16(19)20/h3-4,10-12,18H,5-8H2,1-2H3,(H,19,20). The summed E-state index contributed by atoms with van der Waals surface area (Å²) in [5, 5.41) is 19.4. The van der Waals surface area contributed by atoms with Gasteiger partial charge in [-0.3, -0.25) is 9.69 Å². The quantitative estimate of drug-likeness (QED) is 0.871. The summed E-state index contributed by atoms with van der Waals surface area (Å²) in [5.41, 5.74) is 3.51. The summed E-state index contributed by atoms with van der Waals surface area (Å²) in [7, 11) is 0. The highest BCUT2D eigenvalue weighted by molar-refractivity contribution is 5.70. The van der Waals surface area contributed by atoms with Crippen molar-refractivity contribution in [1.29, 1.82) is 0 Å². The van der Waals surface area contributed by atoms with Crippen LogP contribution in [0.1, 0.15) is 48.4 Å². The van der Waals surface area contributed by atoms with Crippen LogP contribution in [0, 0.1) is 12.8 Å². The first kappa shape index (κ1) is 13.4. The van der Waals surface area contributed by atoms with Crippen LogP contribution in [-0.4, -0.2) is 34.2 Å². The van der Waals surface area contributed by atoms with Crippen molar-refractivity contribution < 1.29 is 15.0 Å². The summed E-state index contributed by atoms with van der Waals surface area (Å²) in [5.74, 6) is -0.182. The lowest BCUT2D eigenvalue weighted by molar-refractivity contribution is -0.141. The molecule has 0 radical (unpaired) electrons. The number of carboxylic acid groups (broad SMARTS) is 1. The second-order valence-corrected chi connectivity index (χ2v) is 6.20. The van der Waals surface area contributed by atoms with Crippen LogP contribution in [-0.2, 0) is 4.79 Å². The molecule has 4 heteroatoms. The lowest BCUT2D eigenvalue weighted by Gasteiger charge is -2.25. The third-order valence-electron chi connectivity index (χ3n) is 4.89. The number of nitrogens with zero attached hydrogens (tertiary/aromatic N) is 1. The molecule has 3 unspecified atom stereocenters. The molecule has 2 aliphatic rings. The highest BCUT2D eigenvalue weighted by atomic mass is 16.4. The maximum atomic E-state index is 11.1. The number of rotatable bonds is 2. The summed E-state index contributed by atoms with van der Waals surface area (Å²) in [6, 6.07) is 3.91. The SMILES string of the molecule is Cc1ccc(O)c2c1C(C)CC2N1CCC(C(=O)O)C1. The first-order valence-corrected chi connectivity index (χ1v) is 7.28. The minimum atomic E-state index is -0.702. The van der Waals surface area contributed by atoms with Crippen molar-refractivity contribution in [2.75, 3.05) is 13.1 Å². The molecule has 3 atom stereocenters. The highest BCUT2D eigenvalue weighted by Gasteiger charge is 2.39. The largest absolute Gasteiger partial charge is 0.508 e. The topological polar surface area (TPSA) is 60.8 Å². The number of phenols is 1. The van der Waals surface area contributed by atoms with Gasteiger partial charge in [-0.25, -0.2) is 0 Å². The van der Waals surface area contributed by atoms with Crippen LogP contribution in [0.5, 0.6) is 5.75 Å². The fourth-order valence-corrected chi connectivity index (χ4v) is 3.91. The summed E-state index contributed by atoms with van der Waals surface area (Å²) in [6.07, 6.45) is 1.68. The van der Waals surface area contributed by atoms with Gasteiger partial charge in [0.15, 0.2) is 0 Å². The van der Waals surface area contributed by atoms with E-state index in [1.54, 1.807) is 6.07 Å². The van der Waals surface area contributed by atoms with Gasteiger partial charge >= 0.3 is 5.97 Å². The van der Waals surface area contributed by atoms with E-state index in [0.717, 1.165) is 18.5 Å². The molecule has 1 fully saturated rings. The van der Waals surface area contributed by atoms with Gasteiger partial charge in [-0.1, -0.05) is 13.0 Å². The summed E-state index contributed by atoms with van der Waals surface area (Å²) < 4.78 is 0. The Morgan fingerprint density at radius 2 is 2.10 bits per heavy atom. The van der Waals surface area contributed by atoms with Gasteiger partial charge in [-0.2, -0.15) is 0 Å². The van der Waals surface area contributed by atoms with Crippen LogP contribution in [0.15, 0.2) is 12.1 Å². The number of aryl methyl sites for hydroxylation is 1. The molecule has 108 valence electrons. The van der Waals surface area contributed by atoms with Gasteiger partial charge in [0.1, 0.15) is 5.75 Å². The van der Waals surface area contributed by atoms with Gasteiger partial charge in [0.05, 0.1) is 5.92 Å². The van der Waals surface area contributed by atoms with E-state index in [9.17, 15) is 9.90 Å². The predicted octanol–water partition coefficient (Wildman–Crippen LogP) is 2.66. The number of carboxylic acids is 1. The fraction of sp³-hybridized carbons (Fsp3) is 0.562. The average molecular weight is 275 g/mol. The zero-order chi connectivity index (χ0) is 14.4. The van der Waals surface area contributed by atoms with E-state index < -0.39 is 5.97 Å². The number of hydrogen-bond acceptors (Lipinski definition) is 3. The number of fused-ring (bicyclic) bond motifs is 1. The van der Waals surface area contributed by atoms with Crippen molar-refractivity contribution in [3.05, 3.63) is 28.8 Å². The number of benzene rings is 1. The minimum Gasteiger partial charge on any atom is -0.508 e. The average Bonchev–Trinajstić information content (AvgIpc) is 2.99. The molecular formula is C16H21NO3. The van der Waals surface area contributed by atoms with Crippen LogP contribution in [0.25, 0.3) is 0 Å². The Hall–Kier alpha value is -1.55. The summed E-state index contributed by atoms with van der Waals surface area (Å²) in [6.45, 7) is 5.68. The number of aliphatic carboxylic acids is 1. The molecule has 0 bridgehead atoms. The van der Waals surface area contributed by atoms with Crippen molar-refractivity contribution in [3.8, 4) is 5.75 Å². The van der Waals surface area contributed by atoms with Gasteiger partial charge in [0, 0.05) is 18.2 Å². The van der Waals surface area contributed by atoms with Crippen LogP contribution >= 0.6 is 0 Å². The third kappa shape index (κ3) is 1.99. The van der Waals surface area contributed by atoms with E-state index in [1.807, 2.05) is 6.07 Å². The Kier molecular flexibility index (Phi) is 3.21. The van der Waals surface area contributed by atoms with Crippen LogP contribution in [0.2, 0.25) is 0 Å². The molecule has 1 heterocycles. The molecule has 1 aliphatic carbocycles.